The van der Waals surface area contributed by atoms with E-state index in [1.165, 1.54) is 6.07 Å². The molecule has 5 nitrogen and oxygen atoms in total. The molecule has 4 aromatic rings. The molecule has 0 saturated carbocycles. The van der Waals surface area contributed by atoms with E-state index in [2.05, 4.69) is 0 Å². The summed E-state index contributed by atoms with van der Waals surface area (Å²) in [6.07, 6.45) is 0. The minimum atomic E-state index is -3.11. The van der Waals surface area contributed by atoms with Crippen LogP contribution in [0.15, 0.2) is 97.1 Å². The van der Waals surface area contributed by atoms with Gasteiger partial charge in [0, 0.05) is 24.9 Å². The van der Waals surface area contributed by atoms with Crippen molar-refractivity contribution in [1.29, 1.82) is 0 Å². The van der Waals surface area contributed by atoms with Gasteiger partial charge in [-0.2, -0.15) is 0 Å². The molecule has 0 aliphatic carbocycles. The van der Waals surface area contributed by atoms with Gasteiger partial charge in [-0.3, -0.25) is 0 Å². The van der Waals surface area contributed by atoms with Crippen molar-refractivity contribution >= 4 is 52.0 Å². The highest BCUT2D eigenvalue weighted by Crippen LogP contribution is 2.46. The number of carbonyl (C=O) groups excluding carboxylic acids is 4. The normalized spacial score (nSPS) is 10.5. The SMILES string of the molecule is COC(c1ccccc1)=P(c1ccccc1)(c1ccccc1)c1cc(=C=O)c(=C=O)c(=C=O)c1=C=O. The van der Waals surface area contributed by atoms with Crippen molar-refractivity contribution < 1.29 is 23.9 Å². The van der Waals surface area contributed by atoms with E-state index in [4.69, 9.17) is 4.74 Å². The summed E-state index contributed by atoms with van der Waals surface area (Å²) in [7, 11) is 1.54. The van der Waals surface area contributed by atoms with Crippen molar-refractivity contribution in [3.8, 4) is 0 Å². The van der Waals surface area contributed by atoms with Gasteiger partial charge < -0.3 is 4.74 Å². The molecule has 0 heterocycles. The van der Waals surface area contributed by atoms with E-state index >= 15 is 0 Å². The number of methoxy groups -OCH3 is 1. The highest BCUT2D eigenvalue weighted by molar-refractivity contribution is 7.95. The number of hydrogen-bond donors (Lipinski definition) is 0. The first-order valence-corrected chi connectivity index (χ1v) is 12.7. The minimum Gasteiger partial charge on any atom is -0.348 e. The Labute approximate surface area is 206 Å². The lowest BCUT2D eigenvalue weighted by atomic mass is 10.2. The van der Waals surface area contributed by atoms with Crippen LogP contribution < -0.4 is 36.8 Å². The predicted molar refractivity (Wildman–Crippen MR) is 140 cm³/mol. The van der Waals surface area contributed by atoms with Gasteiger partial charge in [0.1, 0.15) is 23.8 Å². The number of hydrogen-bond acceptors (Lipinski definition) is 5. The molecular formula is C30H19O5P. The van der Waals surface area contributed by atoms with Gasteiger partial charge in [0.25, 0.3) is 0 Å². The summed E-state index contributed by atoms with van der Waals surface area (Å²) in [5, 5.41) is 0.794. The zero-order valence-electron chi connectivity index (χ0n) is 19.2. The second kappa shape index (κ2) is 10.8. The van der Waals surface area contributed by atoms with E-state index < -0.39 is 6.89 Å². The first kappa shape index (κ1) is 24.6. The average Bonchev–Trinajstić information content (AvgIpc) is 2.96. The van der Waals surface area contributed by atoms with Gasteiger partial charge in [0.2, 0.25) is 0 Å². The van der Waals surface area contributed by atoms with Crippen LogP contribution in [0.2, 0.25) is 0 Å². The lowest BCUT2D eigenvalue weighted by Crippen LogP contribution is -2.58. The fourth-order valence-corrected chi connectivity index (χ4v) is 8.84. The Balaban J connectivity index is 2.53. The molecule has 0 aromatic heterocycles. The Morgan fingerprint density at radius 1 is 0.611 bits per heavy atom. The summed E-state index contributed by atoms with van der Waals surface area (Å²) in [5.74, 6) is 6.85. The van der Waals surface area contributed by atoms with Gasteiger partial charge in [-0.15, -0.1) is 0 Å². The molecular weight excluding hydrogens is 471 g/mol. The first-order chi connectivity index (χ1) is 17.7. The van der Waals surface area contributed by atoms with Gasteiger partial charge in [-0.1, -0.05) is 91.0 Å². The summed E-state index contributed by atoms with van der Waals surface area (Å²) in [4.78, 5) is 48.2. The van der Waals surface area contributed by atoms with Crippen molar-refractivity contribution in [2.45, 2.75) is 0 Å². The quantitative estimate of drug-likeness (QED) is 0.329. The van der Waals surface area contributed by atoms with Crippen molar-refractivity contribution in [1.82, 2.24) is 0 Å². The van der Waals surface area contributed by atoms with E-state index in [9.17, 15) is 19.2 Å². The van der Waals surface area contributed by atoms with Crippen molar-refractivity contribution in [3.05, 3.63) is 123 Å². The maximum absolute atomic E-state index is 12.5. The van der Waals surface area contributed by atoms with Crippen LogP contribution in [0.25, 0.3) is 0 Å². The standard InChI is InChI=1S/C30H19O5P/c1-35-30(22-11-5-2-6-12-22)36(24-13-7-3-8-14-24,25-15-9-4-10-16-25)29-17-23(18-31)26(19-32)27(20-33)28(29)21-34/h2-17H,1H3. The third-order valence-corrected chi connectivity index (χ3v) is 10.2. The molecule has 0 amide bonds. The molecule has 0 radical (unpaired) electrons. The van der Waals surface area contributed by atoms with Gasteiger partial charge in [-0.25, -0.2) is 19.2 Å². The van der Waals surface area contributed by atoms with Crippen LogP contribution in [0.1, 0.15) is 5.56 Å². The first-order valence-electron chi connectivity index (χ1n) is 10.9. The maximum atomic E-state index is 12.5. The second-order valence-corrected chi connectivity index (χ2v) is 11.0. The molecule has 36 heavy (non-hydrogen) atoms. The number of ether oxygens (including phenoxy) is 1. The minimum absolute atomic E-state index is 0.172. The highest BCUT2D eigenvalue weighted by atomic mass is 31.2. The fraction of sp³-hybridized carbons (Fsp3) is 0.0333. The van der Waals surface area contributed by atoms with Gasteiger partial charge in [-0.05, 0) is 16.7 Å². The van der Waals surface area contributed by atoms with Crippen molar-refractivity contribution in [2.24, 2.45) is 0 Å². The van der Waals surface area contributed by atoms with Gasteiger partial charge in [0.15, 0.2) is 0 Å². The molecule has 0 aliphatic rings. The predicted octanol–water partition coefficient (Wildman–Crippen LogP) is -1.18. The molecule has 0 N–H and O–H groups in total. The third kappa shape index (κ3) is 3.98. The molecule has 6 heteroatoms. The number of benzene rings is 4. The molecule has 0 spiro atoms. The van der Waals surface area contributed by atoms with E-state index in [1.807, 2.05) is 96.9 Å². The summed E-state index contributed by atoms with van der Waals surface area (Å²) < 4.78 is 6.13. The molecule has 0 bridgehead atoms. The van der Waals surface area contributed by atoms with Crippen molar-refractivity contribution in [3.63, 3.8) is 0 Å². The zero-order valence-corrected chi connectivity index (χ0v) is 20.1. The molecule has 0 unspecified atom stereocenters. The summed E-state index contributed by atoms with van der Waals surface area (Å²) >= 11 is 0. The summed E-state index contributed by atoms with van der Waals surface area (Å²) in [6, 6.07) is 29.6. The Morgan fingerprint density at radius 2 is 1.08 bits per heavy atom. The lowest BCUT2D eigenvalue weighted by Gasteiger charge is -2.32. The van der Waals surface area contributed by atoms with Crippen LogP contribution in [0.4, 0.5) is 0 Å². The van der Waals surface area contributed by atoms with Gasteiger partial charge >= 0.3 is 0 Å². The highest BCUT2D eigenvalue weighted by Gasteiger charge is 2.33. The Bertz CT molecular complexity index is 1780. The topological polar surface area (TPSA) is 77.5 Å². The van der Waals surface area contributed by atoms with Crippen LogP contribution in [0.5, 0.6) is 0 Å². The van der Waals surface area contributed by atoms with Gasteiger partial charge in [0.05, 0.1) is 26.4 Å². The molecule has 174 valence electrons. The third-order valence-electron chi connectivity index (χ3n) is 5.89. The van der Waals surface area contributed by atoms with Crippen molar-refractivity contribution in [2.75, 3.05) is 7.11 Å². The maximum Gasteiger partial charge on any atom is 0.135 e. The number of rotatable bonds is 5. The molecule has 0 saturated heterocycles. The smallest absolute Gasteiger partial charge is 0.135 e. The van der Waals surface area contributed by atoms with E-state index in [0.29, 0.717) is 10.8 Å². The molecule has 4 aromatic carbocycles. The lowest BCUT2D eigenvalue weighted by molar-refractivity contribution is 0.415. The average molecular weight is 490 g/mol. The Hall–Kier alpha value is -4.54. The largest absolute Gasteiger partial charge is 0.348 e. The molecule has 0 atom stereocenters. The fourth-order valence-electron chi connectivity index (χ4n) is 4.43. The molecule has 0 aliphatic heterocycles. The van der Waals surface area contributed by atoms with Crippen LogP contribution in [-0.2, 0) is 23.9 Å². The molecule has 0 fully saturated rings. The van der Waals surface area contributed by atoms with E-state index in [-0.39, 0.29) is 20.9 Å². The van der Waals surface area contributed by atoms with Crippen LogP contribution >= 0.6 is 6.89 Å². The zero-order chi connectivity index (χ0) is 25.5. The van der Waals surface area contributed by atoms with Crippen LogP contribution in [0.3, 0.4) is 0 Å². The monoisotopic (exact) mass is 490 g/mol. The van der Waals surface area contributed by atoms with Crippen LogP contribution in [0, 0.1) is 0 Å². The Kier molecular flexibility index (Phi) is 7.38. The Morgan fingerprint density at radius 3 is 1.50 bits per heavy atom. The van der Waals surface area contributed by atoms with E-state index in [0.717, 1.165) is 16.2 Å². The summed E-state index contributed by atoms with van der Waals surface area (Å²) in [6.45, 7) is -3.11. The van der Waals surface area contributed by atoms with E-state index in [1.54, 1.807) is 24.9 Å². The molecule has 4 rings (SSSR count). The summed E-state index contributed by atoms with van der Waals surface area (Å²) in [5.41, 5.74) is 1.28. The van der Waals surface area contributed by atoms with Crippen LogP contribution in [-0.4, -0.2) is 36.4 Å². The second-order valence-electron chi connectivity index (χ2n) is 7.69.